The van der Waals surface area contributed by atoms with Crippen molar-refractivity contribution in [3.8, 4) is 0 Å². The van der Waals surface area contributed by atoms with E-state index in [1.165, 1.54) is 0 Å². The van der Waals surface area contributed by atoms with Crippen LogP contribution >= 0.6 is 22.9 Å². The van der Waals surface area contributed by atoms with Crippen LogP contribution in [0, 0.1) is 0 Å². The molecular formula is C16H18ClNO2S. The SMILES string of the molecule is CCC(NC(CC(=O)O)c1cccs1)c1cccc(Cl)c1. The highest BCUT2D eigenvalue weighted by Crippen LogP contribution is 2.28. The molecule has 112 valence electrons. The molecule has 2 rings (SSSR count). The summed E-state index contributed by atoms with van der Waals surface area (Å²) in [6, 6.07) is 11.5. The van der Waals surface area contributed by atoms with E-state index in [2.05, 4.69) is 12.2 Å². The maximum Gasteiger partial charge on any atom is 0.305 e. The van der Waals surface area contributed by atoms with Gasteiger partial charge in [0.15, 0.2) is 0 Å². The van der Waals surface area contributed by atoms with Gasteiger partial charge < -0.3 is 10.4 Å². The second kappa shape index (κ2) is 7.59. The molecular weight excluding hydrogens is 306 g/mol. The topological polar surface area (TPSA) is 49.3 Å². The summed E-state index contributed by atoms with van der Waals surface area (Å²) in [5.74, 6) is -0.804. The Bertz CT molecular complexity index is 586. The van der Waals surface area contributed by atoms with Gasteiger partial charge in [-0.2, -0.15) is 0 Å². The number of hydrogen-bond donors (Lipinski definition) is 2. The highest BCUT2D eigenvalue weighted by Gasteiger charge is 2.20. The van der Waals surface area contributed by atoms with Crippen LogP contribution in [0.2, 0.25) is 5.02 Å². The molecule has 5 heteroatoms. The summed E-state index contributed by atoms with van der Waals surface area (Å²) in [4.78, 5) is 12.1. The van der Waals surface area contributed by atoms with Gasteiger partial charge in [-0.15, -0.1) is 11.3 Å². The average molecular weight is 324 g/mol. The lowest BCUT2D eigenvalue weighted by Crippen LogP contribution is -2.27. The van der Waals surface area contributed by atoms with Crippen LogP contribution in [0.4, 0.5) is 0 Å². The molecule has 0 radical (unpaired) electrons. The van der Waals surface area contributed by atoms with Crippen molar-refractivity contribution in [3.05, 3.63) is 57.2 Å². The van der Waals surface area contributed by atoms with Crippen molar-refractivity contribution >= 4 is 28.9 Å². The third kappa shape index (κ3) is 4.56. The molecule has 3 nitrogen and oxygen atoms in total. The second-order valence-electron chi connectivity index (χ2n) is 4.85. The summed E-state index contributed by atoms with van der Waals surface area (Å²) >= 11 is 7.62. The largest absolute Gasteiger partial charge is 0.481 e. The van der Waals surface area contributed by atoms with E-state index in [-0.39, 0.29) is 18.5 Å². The van der Waals surface area contributed by atoms with Crippen LogP contribution in [0.3, 0.4) is 0 Å². The van der Waals surface area contributed by atoms with Gasteiger partial charge in [-0.3, -0.25) is 4.79 Å². The van der Waals surface area contributed by atoms with Crippen LogP contribution in [0.25, 0.3) is 0 Å². The van der Waals surface area contributed by atoms with Gasteiger partial charge in [-0.05, 0) is 35.6 Å². The van der Waals surface area contributed by atoms with Crippen LogP contribution in [0.5, 0.6) is 0 Å². The van der Waals surface area contributed by atoms with Crippen molar-refractivity contribution in [2.75, 3.05) is 0 Å². The molecule has 2 aromatic rings. The van der Waals surface area contributed by atoms with E-state index in [4.69, 9.17) is 16.7 Å². The smallest absolute Gasteiger partial charge is 0.305 e. The fourth-order valence-electron chi connectivity index (χ4n) is 2.32. The van der Waals surface area contributed by atoms with E-state index in [9.17, 15) is 4.79 Å². The van der Waals surface area contributed by atoms with Crippen LogP contribution in [-0.2, 0) is 4.79 Å². The Morgan fingerprint density at radius 3 is 2.71 bits per heavy atom. The maximum atomic E-state index is 11.1. The number of benzene rings is 1. The normalized spacial score (nSPS) is 13.8. The Labute approximate surface area is 133 Å². The highest BCUT2D eigenvalue weighted by atomic mass is 35.5. The molecule has 2 atom stereocenters. The minimum absolute atomic E-state index is 0.0670. The maximum absolute atomic E-state index is 11.1. The lowest BCUT2D eigenvalue weighted by molar-refractivity contribution is -0.137. The lowest BCUT2D eigenvalue weighted by Gasteiger charge is -2.24. The molecule has 0 spiro atoms. The molecule has 1 aromatic carbocycles. The van der Waals surface area contributed by atoms with Gasteiger partial charge in [-0.25, -0.2) is 0 Å². The number of carbonyl (C=O) groups is 1. The van der Waals surface area contributed by atoms with Crippen LogP contribution in [0.15, 0.2) is 41.8 Å². The van der Waals surface area contributed by atoms with Crippen molar-refractivity contribution in [2.24, 2.45) is 0 Å². The van der Waals surface area contributed by atoms with Gasteiger partial charge in [0.25, 0.3) is 0 Å². The monoisotopic (exact) mass is 323 g/mol. The first-order valence-corrected chi connectivity index (χ1v) is 8.12. The van der Waals surface area contributed by atoms with Crippen LogP contribution < -0.4 is 5.32 Å². The van der Waals surface area contributed by atoms with Gasteiger partial charge in [0.05, 0.1) is 12.5 Å². The predicted octanol–water partition coefficient (Wildman–Crippen LogP) is 4.66. The molecule has 0 aliphatic heterocycles. The minimum atomic E-state index is -0.804. The molecule has 2 unspecified atom stereocenters. The fraction of sp³-hybridized carbons (Fsp3) is 0.312. The Balaban J connectivity index is 2.19. The Morgan fingerprint density at radius 1 is 1.33 bits per heavy atom. The highest BCUT2D eigenvalue weighted by molar-refractivity contribution is 7.10. The average Bonchev–Trinajstić information content (AvgIpc) is 2.97. The minimum Gasteiger partial charge on any atom is -0.481 e. The Kier molecular flexibility index (Phi) is 5.79. The first-order valence-electron chi connectivity index (χ1n) is 6.87. The number of nitrogens with one attached hydrogen (secondary N) is 1. The number of halogens is 1. The molecule has 0 fully saturated rings. The van der Waals surface area contributed by atoms with E-state index in [0.717, 1.165) is 16.9 Å². The van der Waals surface area contributed by atoms with Crippen molar-refractivity contribution in [3.63, 3.8) is 0 Å². The molecule has 0 aliphatic rings. The summed E-state index contributed by atoms with van der Waals surface area (Å²) in [6.07, 6.45) is 0.930. The zero-order valence-electron chi connectivity index (χ0n) is 11.8. The standard InChI is InChI=1S/C16H18ClNO2S/c1-2-13(11-5-3-6-12(17)9-11)18-14(10-16(19)20)15-7-4-8-21-15/h3-9,13-14,18H,2,10H2,1H3,(H,19,20). The van der Waals surface area contributed by atoms with Gasteiger partial charge in [0.2, 0.25) is 0 Å². The lowest BCUT2D eigenvalue weighted by atomic mass is 10.0. The summed E-state index contributed by atoms with van der Waals surface area (Å²) in [5.41, 5.74) is 1.08. The summed E-state index contributed by atoms with van der Waals surface area (Å²) in [6.45, 7) is 2.07. The number of rotatable bonds is 7. The van der Waals surface area contributed by atoms with Gasteiger partial charge in [0.1, 0.15) is 0 Å². The molecule has 0 aliphatic carbocycles. The predicted molar refractivity (Wildman–Crippen MR) is 86.9 cm³/mol. The number of carboxylic acid groups (broad SMARTS) is 1. The zero-order valence-corrected chi connectivity index (χ0v) is 13.3. The number of hydrogen-bond acceptors (Lipinski definition) is 3. The van der Waals surface area contributed by atoms with Crippen molar-refractivity contribution in [1.29, 1.82) is 0 Å². The van der Waals surface area contributed by atoms with E-state index < -0.39 is 5.97 Å². The summed E-state index contributed by atoms with van der Waals surface area (Å²) in [5, 5.41) is 15.2. The second-order valence-corrected chi connectivity index (χ2v) is 6.26. The summed E-state index contributed by atoms with van der Waals surface area (Å²) in [7, 11) is 0. The molecule has 0 bridgehead atoms. The molecule has 2 N–H and O–H groups in total. The molecule has 0 amide bonds. The third-order valence-corrected chi connectivity index (χ3v) is 4.55. The van der Waals surface area contributed by atoms with E-state index in [1.807, 2.05) is 41.8 Å². The Morgan fingerprint density at radius 2 is 2.14 bits per heavy atom. The van der Waals surface area contributed by atoms with Crippen molar-refractivity contribution in [2.45, 2.75) is 31.8 Å². The molecule has 0 saturated carbocycles. The molecule has 0 saturated heterocycles. The van der Waals surface area contributed by atoms with Gasteiger partial charge in [-0.1, -0.05) is 36.7 Å². The Hall–Kier alpha value is -1.36. The van der Waals surface area contributed by atoms with Crippen LogP contribution in [-0.4, -0.2) is 11.1 Å². The third-order valence-electron chi connectivity index (χ3n) is 3.33. The molecule has 1 aromatic heterocycles. The number of carboxylic acids is 1. The van der Waals surface area contributed by atoms with Gasteiger partial charge >= 0.3 is 5.97 Å². The number of aliphatic carboxylic acids is 1. The number of thiophene rings is 1. The van der Waals surface area contributed by atoms with Crippen molar-refractivity contribution < 1.29 is 9.90 Å². The molecule has 1 heterocycles. The van der Waals surface area contributed by atoms with E-state index in [0.29, 0.717) is 5.02 Å². The van der Waals surface area contributed by atoms with E-state index >= 15 is 0 Å². The van der Waals surface area contributed by atoms with Crippen LogP contribution in [0.1, 0.15) is 42.3 Å². The zero-order chi connectivity index (χ0) is 15.2. The fourth-order valence-corrected chi connectivity index (χ4v) is 3.31. The van der Waals surface area contributed by atoms with E-state index in [1.54, 1.807) is 11.3 Å². The first-order chi connectivity index (χ1) is 10.1. The quantitative estimate of drug-likeness (QED) is 0.779. The van der Waals surface area contributed by atoms with Crippen molar-refractivity contribution in [1.82, 2.24) is 5.32 Å². The molecule has 21 heavy (non-hydrogen) atoms. The first kappa shape index (κ1) is 16.0. The summed E-state index contributed by atoms with van der Waals surface area (Å²) < 4.78 is 0. The van der Waals surface area contributed by atoms with Gasteiger partial charge in [0, 0.05) is 15.9 Å².